The van der Waals surface area contributed by atoms with E-state index in [2.05, 4.69) is 31.0 Å². The Kier molecular flexibility index (Phi) is 5.37. The maximum atomic E-state index is 9.15. The summed E-state index contributed by atoms with van der Waals surface area (Å²) in [5.74, 6) is 0. The van der Waals surface area contributed by atoms with E-state index < -0.39 is 0 Å². The molecule has 0 radical (unpaired) electrons. The molecule has 1 aliphatic heterocycles. The van der Waals surface area contributed by atoms with Crippen LogP contribution in [0.25, 0.3) is 0 Å². The molecule has 1 aromatic carbocycles. The van der Waals surface area contributed by atoms with Gasteiger partial charge in [-0.15, -0.1) is 0 Å². The number of nitrogens with zero attached hydrogens (tertiary/aromatic N) is 1. The Bertz CT molecular complexity index is 394. The summed E-state index contributed by atoms with van der Waals surface area (Å²) < 4.78 is 6.11. The van der Waals surface area contributed by atoms with Crippen molar-refractivity contribution in [3.05, 3.63) is 35.4 Å². The van der Waals surface area contributed by atoms with Crippen LogP contribution in [0.2, 0.25) is 0 Å². The highest BCUT2D eigenvalue weighted by atomic mass is 16.5. The first-order valence-corrected chi connectivity index (χ1v) is 7.24. The highest BCUT2D eigenvalue weighted by Crippen LogP contribution is 2.23. The van der Waals surface area contributed by atoms with Gasteiger partial charge in [-0.2, -0.15) is 0 Å². The van der Waals surface area contributed by atoms with Gasteiger partial charge in [0.1, 0.15) is 0 Å². The lowest BCUT2D eigenvalue weighted by atomic mass is 10.0. The number of benzene rings is 1. The van der Waals surface area contributed by atoms with Crippen molar-refractivity contribution in [2.24, 2.45) is 0 Å². The van der Waals surface area contributed by atoms with E-state index >= 15 is 0 Å². The quantitative estimate of drug-likeness (QED) is 0.854. The molecule has 3 nitrogen and oxygen atoms in total. The van der Waals surface area contributed by atoms with Gasteiger partial charge >= 0.3 is 0 Å². The van der Waals surface area contributed by atoms with Gasteiger partial charge < -0.3 is 14.7 Å². The van der Waals surface area contributed by atoms with Crippen LogP contribution in [0.3, 0.4) is 0 Å². The zero-order valence-electron chi connectivity index (χ0n) is 12.0. The molecule has 1 N–H and O–H groups in total. The lowest BCUT2D eigenvalue weighted by molar-refractivity contribution is 0.0287. The molecular weight excluding hydrogens is 238 g/mol. The molecule has 106 valence electrons. The second-order valence-corrected chi connectivity index (χ2v) is 5.49. The van der Waals surface area contributed by atoms with Crippen molar-refractivity contribution in [2.45, 2.75) is 45.0 Å². The predicted molar refractivity (Wildman–Crippen MR) is 77.1 cm³/mol. The molecule has 1 aliphatic rings. The van der Waals surface area contributed by atoms with Gasteiger partial charge in [0.05, 0.1) is 18.8 Å². The molecule has 0 unspecified atom stereocenters. The minimum absolute atomic E-state index is 0.114. The molecule has 3 heteroatoms. The van der Waals surface area contributed by atoms with Gasteiger partial charge in [-0.05, 0) is 44.0 Å². The van der Waals surface area contributed by atoms with Gasteiger partial charge in [0.15, 0.2) is 0 Å². The van der Waals surface area contributed by atoms with Gasteiger partial charge in [-0.25, -0.2) is 0 Å². The van der Waals surface area contributed by atoms with E-state index in [0.29, 0.717) is 12.2 Å². The summed E-state index contributed by atoms with van der Waals surface area (Å²) >= 11 is 0. The predicted octanol–water partition coefficient (Wildman–Crippen LogP) is 2.22. The van der Waals surface area contributed by atoms with E-state index in [0.717, 1.165) is 37.9 Å². The van der Waals surface area contributed by atoms with Crippen molar-refractivity contribution < 1.29 is 9.84 Å². The highest BCUT2D eigenvalue weighted by Gasteiger charge is 2.25. The molecule has 0 spiro atoms. The van der Waals surface area contributed by atoms with Crippen molar-refractivity contribution in [2.75, 3.05) is 20.1 Å². The maximum absolute atomic E-state index is 9.15. The normalized spacial score (nSPS) is 23.2. The first-order chi connectivity index (χ1) is 9.21. The molecular formula is C16H25NO2. The Morgan fingerprint density at radius 2 is 2.00 bits per heavy atom. The number of likely N-dealkylation sites (N-methyl/N-ethyl adjacent to an activating group) is 1. The fourth-order valence-electron chi connectivity index (χ4n) is 2.66. The third kappa shape index (κ3) is 4.30. The molecule has 0 bridgehead atoms. The SMILES string of the molecule is CCN(C)C[C@H]1CC[C@@H](Cc2cccc(CO)c2)O1. The van der Waals surface area contributed by atoms with Crippen LogP contribution in [0.1, 0.15) is 30.9 Å². The van der Waals surface area contributed by atoms with Gasteiger partial charge in [-0.1, -0.05) is 31.2 Å². The first-order valence-electron chi connectivity index (χ1n) is 7.24. The second-order valence-electron chi connectivity index (χ2n) is 5.49. The summed E-state index contributed by atoms with van der Waals surface area (Å²) in [7, 11) is 2.14. The lowest BCUT2D eigenvalue weighted by Gasteiger charge is -2.20. The molecule has 1 heterocycles. The van der Waals surface area contributed by atoms with Gasteiger partial charge in [0, 0.05) is 6.54 Å². The van der Waals surface area contributed by atoms with Crippen molar-refractivity contribution in [3.63, 3.8) is 0 Å². The van der Waals surface area contributed by atoms with Crippen molar-refractivity contribution in [1.29, 1.82) is 0 Å². The third-order valence-electron chi connectivity index (χ3n) is 3.89. The first kappa shape index (κ1) is 14.5. The van der Waals surface area contributed by atoms with Crippen LogP contribution in [0.15, 0.2) is 24.3 Å². The molecule has 2 rings (SSSR count). The molecule has 0 amide bonds. The molecule has 0 aliphatic carbocycles. The van der Waals surface area contributed by atoms with Crippen molar-refractivity contribution >= 4 is 0 Å². The van der Waals surface area contributed by atoms with Crippen LogP contribution >= 0.6 is 0 Å². The van der Waals surface area contributed by atoms with E-state index in [4.69, 9.17) is 9.84 Å². The number of ether oxygens (including phenoxy) is 1. The Morgan fingerprint density at radius 3 is 2.74 bits per heavy atom. The van der Waals surface area contributed by atoms with Gasteiger partial charge in [0.2, 0.25) is 0 Å². The fourth-order valence-corrected chi connectivity index (χ4v) is 2.66. The number of rotatable bonds is 6. The average Bonchev–Trinajstić information content (AvgIpc) is 2.86. The van der Waals surface area contributed by atoms with Crippen molar-refractivity contribution in [1.82, 2.24) is 4.90 Å². The van der Waals surface area contributed by atoms with E-state index in [1.807, 2.05) is 12.1 Å². The minimum Gasteiger partial charge on any atom is -0.392 e. The summed E-state index contributed by atoms with van der Waals surface area (Å²) in [5.41, 5.74) is 2.25. The van der Waals surface area contributed by atoms with E-state index in [1.54, 1.807) is 0 Å². The minimum atomic E-state index is 0.114. The van der Waals surface area contributed by atoms with Gasteiger partial charge in [-0.3, -0.25) is 0 Å². The largest absolute Gasteiger partial charge is 0.392 e. The van der Waals surface area contributed by atoms with E-state index in [1.165, 1.54) is 5.56 Å². The van der Waals surface area contributed by atoms with Crippen LogP contribution in [0, 0.1) is 0 Å². The number of aliphatic hydroxyl groups excluding tert-OH is 1. The Labute approximate surface area is 116 Å². The number of hydrogen-bond donors (Lipinski definition) is 1. The van der Waals surface area contributed by atoms with Crippen LogP contribution in [0.5, 0.6) is 0 Å². The topological polar surface area (TPSA) is 32.7 Å². The zero-order chi connectivity index (χ0) is 13.7. The number of hydrogen-bond acceptors (Lipinski definition) is 3. The van der Waals surface area contributed by atoms with E-state index in [-0.39, 0.29) is 6.61 Å². The summed E-state index contributed by atoms with van der Waals surface area (Å²) in [6, 6.07) is 8.17. The second kappa shape index (κ2) is 7.04. The zero-order valence-corrected chi connectivity index (χ0v) is 12.0. The lowest BCUT2D eigenvalue weighted by Crippen LogP contribution is -2.29. The third-order valence-corrected chi connectivity index (χ3v) is 3.89. The average molecular weight is 263 g/mol. The Balaban J connectivity index is 1.84. The molecule has 19 heavy (non-hydrogen) atoms. The van der Waals surface area contributed by atoms with Crippen LogP contribution in [-0.4, -0.2) is 42.4 Å². The fraction of sp³-hybridized carbons (Fsp3) is 0.625. The molecule has 2 atom stereocenters. The molecule has 0 aromatic heterocycles. The summed E-state index contributed by atoms with van der Waals surface area (Å²) in [6.45, 7) is 4.39. The summed E-state index contributed by atoms with van der Waals surface area (Å²) in [6.07, 6.45) is 3.99. The van der Waals surface area contributed by atoms with Crippen LogP contribution in [0.4, 0.5) is 0 Å². The Morgan fingerprint density at radius 1 is 1.26 bits per heavy atom. The standard InChI is InChI=1S/C16H25NO2/c1-3-17(2)11-16-8-7-15(19-16)10-13-5-4-6-14(9-13)12-18/h4-6,9,15-16,18H,3,7-8,10-12H2,1-2H3/t15-,16+/m0/s1. The molecule has 1 fully saturated rings. The van der Waals surface area contributed by atoms with Gasteiger partial charge in [0.25, 0.3) is 0 Å². The van der Waals surface area contributed by atoms with E-state index in [9.17, 15) is 0 Å². The summed E-state index contributed by atoms with van der Waals surface area (Å²) in [4.78, 5) is 2.30. The van der Waals surface area contributed by atoms with Crippen LogP contribution < -0.4 is 0 Å². The maximum Gasteiger partial charge on any atom is 0.0706 e. The number of aliphatic hydroxyl groups is 1. The monoisotopic (exact) mass is 263 g/mol. The summed E-state index contributed by atoms with van der Waals surface area (Å²) in [5, 5.41) is 9.15. The molecule has 0 saturated carbocycles. The highest BCUT2D eigenvalue weighted by molar-refractivity contribution is 5.23. The molecule has 1 saturated heterocycles. The van der Waals surface area contributed by atoms with Crippen LogP contribution in [-0.2, 0) is 17.8 Å². The van der Waals surface area contributed by atoms with Crippen molar-refractivity contribution in [3.8, 4) is 0 Å². The smallest absolute Gasteiger partial charge is 0.0706 e. The Hall–Kier alpha value is -0.900. The molecule has 1 aromatic rings.